The van der Waals surface area contributed by atoms with Crippen LogP contribution in [0, 0.1) is 0 Å². The largest absolute Gasteiger partial charge is 0.434 e. The van der Waals surface area contributed by atoms with Gasteiger partial charge in [0.25, 0.3) is 5.91 Å². The third-order valence-corrected chi connectivity index (χ3v) is 6.24. The number of carbonyl (C=O) groups excluding carboxylic acids is 1. The van der Waals surface area contributed by atoms with Crippen LogP contribution in [0.15, 0.2) is 73.1 Å². The highest BCUT2D eigenvalue weighted by molar-refractivity contribution is 7.21. The normalized spacial score (nSPS) is 11.6. The molecule has 5 rings (SSSR count). The second-order valence-corrected chi connectivity index (χ2v) is 8.63. The van der Waals surface area contributed by atoms with Gasteiger partial charge in [-0.1, -0.05) is 23.7 Å². The molecule has 0 saturated carbocycles. The van der Waals surface area contributed by atoms with Crippen LogP contribution in [0.5, 0.6) is 0 Å². The van der Waals surface area contributed by atoms with Crippen LogP contribution in [0.1, 0.15) is 16.1 Å². The van der Waals surface area contributed by atoms with Crippen LogP contribution in [-0.2, 0) is 6.18 Å². The van der Waals surface area contributed by atoms with Gasteiger partial charge in [0.15, 0.2) is 5.69 Å². The van der Waals surface area contributed by atoms with Crippen molar-refractivity contribution in [1.29, 1.82) is 0 Å². The molecule has 3 aromatic heterocycles. The molecule has 2 aromatic carbocycles. The Kier molecular flexibility index (Phi) is 5.54. The molecule has 0 unspecified atom stereocenters. The minimum absolute atomic E-state index is 0.0993. The third kappa shape index (κ3) is 4.25. The fraction of sp³-hybridized carbons (Fsp3) is 0.0435. The van der Waals surface area contributed by atoms with Gasteiger partial charge in [-0.3, -0.25) is 4.79 Å². The topological polar surface area (TPSA) is 72.7 Å². The molecule has 0 spiro atoms. The Morgan fingerprint density at radius 3 is 2.44 bits per heavy atom. The molecule has 0 aliphatic heterocycles. The fourth-order valence-corrected chi connectivity index (χ4v) is 4.42. The second-order valence-electron chi connectivity index (χ2n) is 7.17. The Hall–Kier alpha value is -3.76. The zero-order chi connectivity index (χ0) is 23.9. The molecule has 1 amide bonds. The summed E-state index contributed by atoms with van der Waals surface area (Å²) in [5.74, 6) is -0.880. The van der Waals surface area contributed by atoms with Gasteiger partial charge in [0.05, 0.1) is 27.7 Å². The molecular weight excluding hydrogens is 487 g/mol. The lowest BCUT2D eigenvalue weighted by Crippen LogP contribution is -2.21. The number of hydrogen-bond acceptors (Lipinski definition) is 5. The lowest BCUT2D eigenvalue weighted by Gasteiger charge is -2.13. The fourth-order valence-electron chi connectivity index (χ4n) is 3.34. The zero-order valence-corrected chi connectivity index (χ0v) is 18.6. The minimum atomic E-state index is -4.83. The molecule has 170 valence electrons. The lowest BCUT2D eigenvalue weighted by molar-refractivity contribution is -0.143. The van der Waals surface area contributed by atoms with E-state index < -0.39 is 23.3 Å². The van der Waals surface area contributed by atoms with Crippen LogP contribution in [0.2, 0.25) is 5.02 Å². The lowest BCUT2D eigenvalue weighted by atomic mass is 10.2. The average molecular weight is 500 g/mol. The molecule has 0 fully saturated rings. The first-order valence-corrected chi connectivity index (χ1v) is 11.0. The molecule has 34 heavy (non-hydrogen) atoms. The Labute approximate surface area is 199 Å². The summed E-state index contributed by atoms with van der Waals surface area (Å²) in [5, 5.41) is 7.30. The quantitative estimate of drug-likeness (QED) is 0.307. The van der Waals surface area contributed by atoms with Crippen molar-refractivity contribution in [3.05, 3.63) is 89.3 Å². The Balaban J connectivity index is 1.41. The zero-order valence-electron chi connectivity index (χ0n) is 17.0. The number of thiazole rings is 1. The molecule has 11 heteroatoms. The van der Waals surface area contributed by atoms with Gasteiger partial charge in [0.2, 0.25) is 0 Å². The van der Waals surface area contributed by atoms with Crippen LogP contribution >= 0.6 is 22.9 Å². The smallest absolute Gasteiger partial charge is 0.306 e. The van der Waals surface area contributed by atoms with Crippen LogP contribution in [0.3, 0.4) is 0 Å². The summed E-state index contributed by atoms with van der Waals surface area (Å²) in [4.78, 5) is 21.4. The van der Waals surface area contributed by atoms with Crippen molar-refractivity contribution >= 4 is 44.9 Å². The first-order chi connectivity index (χ1) is 16.3. The SMILES string of the molecule is O=C(Nc1ccc(-c2nc3ccccc3s2)cn1)c1cnn(-c2ccc(Cl)cc2)c1C(F)(F)F. The van der Waals surface area contributed by atoms with Gasteiger partial charge < -0.3 is 5.32 Å². The van der Waals surface area contributed by atoms with Crippen molar-refractivity contribution < 1.29 is 18.0 Å². The number of carbonyl (C=O) groups is 1. The van der Waals surface area contributed by atoms with Crippen molar-refractivity contribution in [1.82, 2.24) is 19.7 Å². The maximum Gasteiger partial charge on any atom is 0.434 e. The molecule has 6 nitrogen and oxygen atoms in total. The molecule has 0 aliphatic carbocycles. The molecule has 0 aliphatic rings. The van der Waals surface area contributed by atoms with Crippen molar-refractivity contribution in [2.75, 3.05) is 5.32 Å². The molecule has 5 aromatic rings. The predicted molar refractivity (Wildman–Crippen MR) is 124 cm³/mol. The number of alkyl halides is 3. The van der Waals surface area contributed by atoms with Crippen LogP contribution in [0.4, 0.5) is 19.0 Å². The van der Waals surface area contributed by atoms with E-state index in [1.54, 1.807) is 6.07 Å². The molecule has 0 saturated heterocycles. The summed E-state index contributed by atoms with van der Waals surface area (Å²) in [7, 11) is 0. The van der Waals surface area contributed by atoms with Gasteiger partial charge >= 0.3 is 6.18 Å². The molecule has 0 atom stereocenters. The number of anilines is 1. The summed E-state index contributed by atoms with van der Waals surface area (Å²) < 4.78 is 43.2. The van der Waals surface area contributed by atoms with E-state index in [0.717, 1.165) is 27.0 Å². The van der Waals surface area contributed by atoms with Crippen molar-refractivity contribution in [3.8, 4) is 16.3 Å². The highest BCUT2D eigenvalue weighted by atomic mass is 35.5. The van der Waals surface area contributed by atoms with E-state index in [2.05, 4.69) is 20.4 Å². The van der Waals surface area contributed by atoms with Crippen LogP contribution in [0.25, 0.3) is 26.5 Å². The summed E-state index contributed by atoms with van der Waals surface area (Å²) in [5.41, 5.74) is -0.116. The molecular formula is C23H13ClF3N5OS. The maximum atomic E-state index is 13.8. The van der Waals surface area contributed by atoms with Gasteiger partial charge in [-0.25, -0.2) is 14.6 Å². The van der Waals surface area contributed by atoms with E-state index >= 15 is 0 Å². The van der Waals surface area contributed by atoms with E-state index in [0.29, 0.717) is 9.70 Å². The number of benzene rings is 2. The number of nitrogens with zero attached hydrogens (tertiary/aromatic N) is 4. The Morgan fingerprint density at radius 2 is 1.76 bits per heavy atom. The summed E-state index contributed by atoms with van der Waals surface area (Å²) in [6.07, 6.45) is -2.44. The van der Waals surface area contributed by atoms with Gasteiger partial charge in [-0.2, -0.15) is 18.3 Å². The Bertz CT molecular complexity index is 1460. The number of halogens is 4. The van der Waals surface area contributed by atoms with Crippen molar-refractivity contribution in [3.63, 3.8) is 0 Å². The molecule has 3 heterocycles. The van der Waals surface area contributed by atoms with Crippen LogP contribution in [-0.4, -0.2) is 25.7 Å². The van der Waals surface area contributed by atoms with Gasteiger partial charge in [-0.05, 0) is 48.5 Å². The monoisotopic (exact) mass is 499 g/mol. The standard InChI is InChI=1S/C23H13ClF3N5OS/c24-14-6-8-15(9-7-14)32-20(23(25,26)27)16(12-29-32)21(33)31-19-10-5-13(11-28-19)22-30-17-3-1-2-4-18(17)34-22/h1-12H,(H,28,31,33). The number of para-hydroxylation sites is 1. The minimum Gasteiger partial charge on any atom is -0.306 e. The van der Waals surface area contributed by atoms with E-state index in [1.807, 2.05) is 24.3 Å². The predicted octanol–water partition coefficient (Wildman–Crippen LogP) is 6.47. The maximum absolute atomic E-state index is 13.8. The number of aromatic nitrogens is 4. The van der Waals surface area contributed by atoms with Gasteiger partial charge in [-0.15, -0.1) is 11.3 Å². The highest BCUT2D eigenvalue weighted by Gasteiger charge is 2.40. The summed E-state index contributed by atoms with van der Waals surface area (Å²) >= 11 is 7.31. The first kappa shape index (κ1) is 22.1. The summed E-state index contributed by atoms with van der Waals surface area (Å²) in [6.45, 7) is 0. The number of pyridine rings is 1. The Morgan fingerprint density at radius 1 is 1.00 bits per heavy atom. The van der Waals surface area contributed by atoms with Crippen LogP contribution < -0.4 is 5.32 Å². The van der Waals surface area contributed by atoms with Crippen molar-refractivity contribution in [2.24, 2.45) is 0 Å². The number of nitrogens with one attached hydrogen (secondary N) is 1. The van der Waals surface area contributed by atoms with E-state index in [4.69, 9.17) is 11.6 Å². The molecule has 1 N–H and O–H groups in total. The average Bonchev–Trinajstić information content (AvgIpc) is 3.45. The third-order valence-electron chi connectivity index (χ3n) is 4.90. The highest BCUT2D eigenvalue weighted by Crippen LogP contribution is 2.34. The summed E-state index contributed by atoms with van der Waals surface area (Å²) in [6, 6.07) is 16.5. The molecule has 0 bridgehead atoms. The van der Waals surface area contributed by atoms with Crippen molar-refractivity contribution in [2.45, 2.75) is 6.18 Å². The first-order valence-electron chi connectivity index (χ1n) is 9.84. The number of hydrogen-bond donors (Lipinski definition) is 1. The van der Waals surface area contributed by atoms with E-state index in [1.165, 1.54) is 47.9 Å². The van der Waals surface area contributed by atoms with E-state index in [-0.39, 0.29) is 11.5 Å². The van der Waals surface area contributed by atoms with Gasteiger partial charge in [0.1, 0.15) is 10.8 Å². The number of amides is 1. The van der Waals surface area contributed by atoms with E-state index in [9.17, 15) is 18.0 Å². The number of rotatable bonds is 4. The second kappa shape index (κ2) is 8.54. The van der Waals surface area contributed by atoms with Gasteiger partial charge in [0, 0.05) is 16.8 Å². The molecule has 0 radical (unpaired) electrons. The number of fused-ring (bicyclic) bond motifs is 1.